The van der Waals surface area contributed by atoms with E-state index in [0.29, 0.717) is 17.9 Å². The summed E-state index contributed by atoms with van der Waals surface area (Å²) in [6.45, 7) is 3.94. The van der Waals surface area contributed by atoms with Gasteiger partial charge in [0, 0.05) is 30.7 Å². The topological polar surface area (TPSA) is 46.9 Å². The Hall–Kier alpha value is -1.16. The van der Waals surface area contributed by atoms with Crippen molar-refractivity contribution in [1.82, 2.24) is 15.1 Å². The molecule has 19 heavy (non-hydrogen) atoms. The molecule has 2 fully saturated rings. The highest BCUT2D eigenvalue weighted by Gasteiger charge is 2.36. The van der Waals surface area contributed by atoms with Gasteiger partial charge in [0.15, 0.2) is 5.78 Å². The zero-order valence-electron chi connectivity index (χ0n) is 12.1. The number of nitrogens with one attached hydrogen (secondary N) is 1. The highest BCUT2D eigenvalue weighted by atomic mass is 16.1. The minimum atomic E-state index is 0.193. The maximum atomic E-state index is 12.8. The van der Waals surface area contributed by atoms with Gasteiger partial charge in [-0.15, -0.1) is 0 Å². The Bertz CT molecular complexity index is 494. The number of piperidine rings is 2. The van der Waals surface area contributed by atoms with Crippen molar-refractivity contribution in [3.63, 3.8) is 0 Å². The number of rotatable bonds is 2. The smallest absolute Gasteiger partial charge is 0.169 e. The van der Waals surface area contributed by atoms with Gasteiger partial charge < -0.3 is 5.32 Å². The van der Waals surface area contributed by atoms with Crippen LogP contribution in [0.1, 0.15) is 53.8 Å². The fourth-order valence-corrected chi connectivity index (χ4v) is 3.81. The Morgan fingerprint density at radius 2 is 1.89 bits per heavy atom. The third-order valence-electron chi connectivity index (χ3n) is 4.84. The van der Waals surface area contributed by atoms with Crippen molar-refractivity contribution in [3.8, 4) is 0 Å². The van der Waals surface area contributed by atoms with Gasteiger partial charge in [-0.3, -0.25) is 9.48 Å². The van der Waals surface area contributed by atoms with Gasteiger partial charge in [-0.2, -0.15) is 5.10 Å². The molecule has 3 heterocycles. The highest BCUT2D eigenvalue weighted by Crippen LogP contribution is 2.32. The fourth-order valence-electron chi connectivity index (χ4n) is 3.81. The molecular weight excluding hydrogens is 238 g/mol. The minimum Gasteiger partial charge on any atom is -0.311 e. The molecule has 2 atom stereocenters. The molecule has 1 aromatic heterocycles. The Morgan fingerprint density at radius 3 is 2.42 bits per heavy atom. The summed E-state index contributed by atoms with van der Waals surface area (Å²) in [5, 5.41) is 8.03. The van der Waals surface area contributed by atoms with Gasteiger partial charge in [-0.05, 0) is 39.5 Å². The van der Waals surface area contributed by atoms with Crippen molar-refractivity contribution in [1.29, 1.82) is 0 Å². The van der Waals surface area contributed by atoms with E-state index < -0.39 is 0 Å². The van der Waals surface area contributed by atoms with Crippen LogP contribution in [0, 0.1) is 19.8 Å². The molecule has 1 aromatic rings. The summed E-state index contributed by atoms with van der Waals surface area (Å²) >= 11 is 0. The molecule has 0 saturated carbocycles. The summed E-state index contributed by atoms with van der Waals surface area (Å²) in [4.78, 5) is 12.8. The van der Waals surface area contributed by atoms with Crippen molar-refractivity contribution < 1.29 is 4.79 Å². The summed E-state index contributed by atoms with van der Waals surface area (Å²) in [6, 6.07) is 1.11. The van der Waals surface area contributed by atoms with E-state index >= 15 is 0 Å². The monoisotopic (exact) mass is 261 g/mol. The largest absolute Gasteiger partial charge is 0.311 e. The standard InChI is InChI=1S/C15H23N3O/c1-9-14(10(2)18(3)17-9)15(19)11-7-12-5-4-6-13(8-11)16-12/h11-13,16H,4-8H2,1-3H3. The van der Waals surface area contributed by atoms with E-state index in [2.05, 4.69) is 10.4 Å². The van der Waals surface area contributed by atoms with Crippen molar-refractivity contribution in [3.05, 3.63) is 17.0 Å². The Labute approximate surface area is 114 Å². The average Bonchev–Trinajstić information content (AvgIpc) is 2.62. The second-order valence-corrected chi connectivity index (χ2v) is 6.19. The summed E-state index contributed by atoms with van der Waals surface area (Å²) in [7, 11) is 1.91. The van der Waals surface area contributed by atoms with Crippen LogP contribution in [0.25, 0.3) is 0 Å². The number of carbonyl (C=O) groups is 1. The molecule has 4 nitrogen and oxygen atoms in total. The quantitative estimate of drug-likeness (QED) is 0.830. The average molecular weight is 261 g/mol. The van der Waals surface area contributed by atoms with Gasteiger partial charge in [0.2, 0.25) is 0 Å². The number of nitrogens with zero attached hydrogens (tertiary/aromatic N) is 2. The molecule has 2 bridgehead atoms. The van der Waals surface area contributed by atoms with Crippen molar-refractivity contribution in [2.24, 2.45) is 13.0 Å². The first-order valence-electron chi connectivity index (χ1n) is 7.36. The summed E-state index contributed by atoms with van der Waals surface area (Å²) in [5.74, 6) is 0.514. The lowest BCUT2D eigenvalue weighted by atomic mass is 9.77. The number of aryl methyl sites for hydroxylation is 2. The van der Waals surface area contributed by atoms with E-state index in [4.69, 9.17) is 0 Å². The maximum absolute atomic E-state index is 12.8. The third-order valence-corrected chi connectivity index (χ3v) is 4.84. The predicted octanol–water partition coefficient (Wildman–Crippen LogP) is 2.14. The number of ketones is 1. The molecule has 0 aromatic carbocycles. The zero-order chi connectivity index (χ0) is 13.6. The van der Waals surface area contributed by atoms with E-state index in [0.717, 1.165) is 29.8 Å². The van der Waals surface area contributed by atoms with Crippen LogP contribution in [0.4, 0.5) is 0 Å². The van der Waals surface area contributed by atoms with Gasteiger partial charge >= 0.3 is 0 Å². The molecule has 0 radical (unpaired) electrons. The highest BCUT2D eigenvalue weighted by molar-refractivity contribution is 6.00. The number of hydrogen-bond donors (Lipinski definition) is 1. The first-order chi connectivity index (χ1) is 9.06. The van der Waals surface area contributed by atoms with Crippen LogP contribution in [0.15, 0.2) is 0 Å². The van der Waals surface area contributed by atoms with Crippen LogP contribution in [0.5, 0.6) is 0 Å². The zero-order valence-corrected chi connectivity index (χ0v) is 12.1. The first kappa shape index (κ1) is 12.9. The molecule has 3 rings (SSSR count). The predicted molar refractivity (Wildman–Crippen MR) is 74.3 cm³/mol. The van der Waals surface area contributed by atoms with Crippen LogP contribution in [-0.4, -0.2) is 27.6 Å². The van der Waals surface area contributed by atoms with E-state index in [1.807, 2.05) is 25.6 Å². The minimum absolute atomic E-state index is 0.193. The van der Waals surface area contributed by atoms with Gasteiger partial charge in [-0.1, -0.05) is 6.42 Å². The van der Waals surface area contributed by atoms with Gasteiger partial charge in [-0.25, -0.2) is 0 Å². The Morgan fingerprint density at radius 1 is 1.26 bits per heavy atom. The van der Waals surface area contributed by atoms with Crippen LogP contribution >= 0.6 is 0 Å². The van der Waals surface area contributed by atoms with E-state index in [-0.39, 0.29) is 5.92 Å². The lowest BCUT2D eigenvalue weighted by molar-refractivity contribution is 0.0823. The SMILES string of the molecule is Cc1nn(C)c(C)c1C(=O)C1CC2CCCC(C1)N2. The number of hydrogen-bond acceptors (Lipinski definition) is 3. The maximum Gasteiger partial charge on any atom is 0.169 e. The number of Topliss-reactive ketones (excluding diaryl/α,β-unsaturated/α-hetero) is 1. The Balaban J connectivity index is 1.84. The fraction of sp³-hybridized carbons (Fsp3) is 0.733. The molecule has 4 heteroatoms. The van der Waals surface area contributed by atoms with Crippen LogP contribution in [-0.2, 0) is 7.05 Å². The molecule has 104 valence electrons. The van der Waals surface area contributed by atoms with Crippen LogP contribution in [0.2, 0.25) is 0 Å². The van der Waals surface area contributed by atoms with E-state index in [1.54, 1.807) is 0 Å². The molecule has 1 N–H and O–H groups in total. The molecule has 0 aliphatic carbocycles. The van der Waals surface area contributed by atoms with E-state index in [9.17, 15) is 4.79 Å². The molecular formula is C15H23N3O. The van der Waals surface area contributed by atoms with Crippen molar-refractivity contribution in [2.45, 2.75) is 58.0 Å². The number of carbonyl (C=O) groups excluding carboxylic acids is 1. The summed E-state index contributed by atoms with van der Waals surface area (Å²) in [6.07, 6.45) is 5.77. The van der Waals surface area contributed by atoms with Gasteiger partial charge in [0.25, 0.3) is 0 Å². The molecule has 2 unspecified atom stereocenters. The number of fused-ring (bicyclic) bond motifs is 2. The normalized spacial score (nSPS) is 30.4. The second kappa shape index (κ2) is 4.75. The third kappa shape index (κ3) is 2.22. The van der Waals surface area contributed by atoms with Crippen LogP contribution < -0.4 is 5.32 Å². The van der Waals surface area contributed by atoms with Gasteiger partial charge in [0.1, 0.15) is 0 Å². The Kier molecular flexibility index (Phi) is 3.21. The first-order valence-corrected chi connectivity index (χ1v) is 7.36. The lowest BCUT2D eigenvalue weighted by Gasteiger charge is -2.39. The van der Waals surface area contributed by atoms with Crippen LogP contribution in [0.3, 0.4) is 0 Å². The molecule has 2 saturated heterocycles. The number of aromatic nitrogens is 2. The van der Waals surface area contributed by atoms with Crippen molar-refractivity contribution >= 4 is 5.78 Å². The summed E-state index contributed by atoms with van der Waals surface area (Å²) < 4.78 is 1.82. The molecule has 0 spiro atoms. The van der Waals surface area contributed by atoms with Crippen molar-refractivity contribution in [2.75, 3.05) is 0 Å². The molecule has 2 aliphatic rings. The molecule has 0 amide bonds. The summed E-state index contributed by atoms with van der Waals surface area (Å²) in [5.41, 5.74) is 2.76. The van der Waals surface area contributed by atoms with E-state index in [1.165, 1.54) is 19.3 Å². The lowest BCUT2D eigenvalue weighted by Crippen LogP contribution is -2.50. The van der Waals surface area contributed by atoms with Gasteiger partial charge in [0.05, 0.1) is 11.3 Å². The second-order valence-electron chi connectivity index (χ2n) is 6.19. The molecule has 2 aliphatic heterocycles.